The van der Waals surface area contributed by atoms with Gasteiger partial charge < -0.3 is 24.2 Å². The number of ether oxygens (including phenoxy) is 2. The van der Waals surface area contributed by atoms with Crippen molar-refractivity contribution >= 4 is 64.9 Å². The molecule has 6 heterocycles. The average Bonchev–Trinajstić information content (AvgIpc) is 3.84. The molecule has 9 atom stereocenters. The smallest absolute Gasteiger partial charge is 0.280 e. The molecule has 6 rings (SSSR count). The number of rotatable bonds is 11. The minimum absolute atomic E-state index is 0.159. The molecule has 2 aliphatic heterocycles. The molecule has 0 radical (unpaired) electrons. The second kappa shape index (κ2) is 14.4. The number of thiol groups is 1. The zero-order valence-corrected chi connectivity index (χ0v) is 29.6. The summed E-state index contributed by atoms with van der Waals surface area (Å²) in [5, 5.41) is 25.5. The lowest BCUT2D eigenvalue weighted by Crippen LogP contribution is -2.32. The lowest BCUT2D eigenvalue weighted by atomic mass is 10.1. The van der Waals surface area contributed by atoms with E-state index in [4.69, 9.17) is 14.0 Å². The number of alkyl halides is 2. The number of carbonyl (C=O) groups excluding carboxylic acids is 2. The third-order valence-corrected chi connectivity index (χ3v) is 11.5. The van der Waals surface area contributed by atoms with Crippen LogP contribution >= 0.6 is 18.8 Å². The Morgan fingerprint density at radius 3 is 1.88 bits per heavy atom. The van der Waals surface area contributed by atoms with Gasteiger partial charge in [0, 0.05) is 11.8 Å². The van der Waals surface area contributed by atoms with E-state index in [0.29, 0.717) is 0 Å². The number of fused-ring (bicyclic) bond motifs is 2. The Morgan fingerprint density at radius 1 is 0.923 bits per heavy atom. The van der Waals surface area contributed by atoms with Crippen molar-refractivity contribution in [1.82, 2.24) is 39.0 Å². The number of H-pyrrole nitrogens is 2. The SMILES string of the molecule is CC(C)C(=O)Nc1nc2c(ncn2[C@@H]2O[C@H](COP(=O)(S)[C@@H]3[C@@H](F)[C@@H](CO)O[C@H]3n3cnc4c(=O)[nH]c(NC(=O)C(C)C)nc43)[C@H](F)[C@H]2O)c(=O)[nH]1. The van der Waals surface area contributed by atoms with Crippen LogP contribution in [0.3, 0.4) is 0 Å². The molecule has 52 heavy (non-hydrogen) atoms. The highest BCUT2D eigenvalue weighted by molar-refractivity contribution is 8.46. The van der Waals surface area contributed by atoms with Gasteiger partial charge in [-0.1, -0.05) is 39.9 Å². The predicted molar refractivity (Wildman–Crippen MR) is 180 cm³/mol. The van der Waals surface area contributed by atoms with Crippen molar-refractivity contribution in [3.05, 3.63) is 33.4 Å². The van der Waals surface area contributed by atoms with Gasteiger partial charge in [0.2, 0.25) is 23.7 Å². The van der Waals surface area contributed by atoms with Crippen molar-refractivity contribution in [3.8, 4) is 0 Å². The summed E-state index contributed by atoms with van der Waals surface area (Å²) in [5.41, 5.74) is -4.08. The molecule has 0 saturated carbocycles. The van der Waals surface area contributed by atoms with Crippen molar-refractivity contribution in [1.29, 1.82) is 0 Å². The molecular weight excluding hydrogens is 737 g/mol. The Morgan fingerprint density at radius 2 is 1.40 bits per heavy atom. The lowest BCUT2D eigenvalue weighted by Gasteiger charge is -2.27. The number of aliphatic hydroxyl groups is 2. The Kier molecular flexibility index (Phi) is 10.4. The summed E-state index contributed by atoms with van der Waals surface area (Å²) >= 11 is 4.15. The van der Waals surface area contributed by atoms with E-state index >= 15 is 8.78 Å². The summed E-state index contributed by atoms with van der Waals surface area (Å²) in [6, 6.07) is 0. The van der Waals surface area contributed by atoms with Gasteiger partial charge in [0.15, 0.2) is 41.0 Å². The number of imidazole rings is 2. The average molecular weight is 773 g/mol. The normalized spacial score (nSPS) is 27.5. The number of nitrogens with zero attached hydrogens (tertiary/aromatic N) is 6. The fourth-order valence-electron chi connectivity index (χ4n) is 5.63. The molecule has 2 saturated heterocycles. The molecule has 4 aromatic heterocycles. The monoisotopic (exact) mass is 772 g/mol. The fraction of sp³-hybridized carbons (Fsp3) is 0.571. The van der Waals surface area contributed by atoms with Crippen molar-refractivity contribution in [2.75, 3.05) is 23.8 Å². The third kappa shape index (κ3) is 6.88. The number of aliphatic hydroxyl groups excluding tert-OH is 2. The highest BCUT2D eigenvalue weighted by Gasteiger charge is 2.56. The number of aromatic nitrogens is 8. The third-order valence-electron chi connectivity index (χ3n) is 8.50. The van der Waals surface area contributed by atoms with Gasteiger partial charge in [-0.15, -0.1) is 0 Å². The highest BCUT2D eigenvalue weighted by Crippen LogP contribution is 2.64. The van der Waals surface area contributed by atoms with Crippen molar-refractivity contribution in [2.24, 2.45) is 11.8 Å². The summed E-state index contributed by atoms with van der Waals surface area (Å²) in [6.07, 6.45) is -10.4. The molecule has 282 valence electrons. The molecule has 2 aliphatic rings. The van der Waals surface area contributed by atoms with Crippen LogP contribution in [0, 0.1) is 11.8 Å². The first kappa shape index (κ1) is 37.6. The maximum Gasteiger partial charge on any atom is 0.280 e. The van der Waals surface area contributed by atoms with E-state index in [9.17, 15) is 34.0 Å². The summed E-state index contributed by atoms with van der Waals surface area (Å²) in [6.45, 7) is 0.248. The second-order valence-corrected chi connectivity index (χ2v) is 16.5. The fourth-order valence-corrected chi connectivity index (χ4v) is 8.18. The molecule has 4 aromatic rings. The van der Waals surface area contributed by atoms with E-state index in [0.717, 1.165) is 21.8 Å². The zero-order valence-electron chi connectivity index (χ0n) is 27.8. The van der Waals surface area contributed by atoms with Gasteiger partial charge in [-0.3, -0.25) is 53.5 Å². The second-order valence-electron chi connectivity index (χ2n) is 12.8. The van der Waals surface area contributed by atoms with Crippen LogP contribution < -0.4 is 21.8 Å². The van der Waals surface area contributed by atoms with Crippen LogP contribution in [0.15, 0.2) is 22.2 Å². The molecule has 0 aliphatic carbocycles. The zero-order chi connectivity index (χ0) is 37.8. The van der Waals surface area contributed by atoms with Crippen LogP contribution in [0.2, 0.25) is 0 Å². The Balaban J connectivity index is 1.24. The number of hydrogen-bond donors (Lipinski definition) is 7. The summed E-state index contributed by atoms with van der Waals surface area (Å²) in [4.78, 5) is 70.9. The number of amides is 2. The molecule has 20 nitrogen and oxygen atoms in total. The van der Waals surface area contributed by atoms with Crippen molar-refractivity contribution < 1.29 is 47.1 Å². The molecule has 0 bridgehead atoms. The molecule has 2 amide bonds. The Bertz CT molecular complexity index is 2180. The number of anilines is 2. The van der Waals surface area contributed by atoms with Gasteiger partial charge in [0.25, 0.3) is 17.7 Å². The van der Waals surface area contributed by atoms with Gasteiger partial charge >= 0.3 is 0 Å². The van der Waals surface area contributed by atoms with E-state index in [1.807, 2.05) is 0 Å². The maximum absolute atomic E-state index is 15.9. The molecule has 0 spiro atoms. The first-order valence-electron chi connectivity index (χ1n) is 15.9. The Hall–Kier alpha value is -4.12. The molecule has 2 fully saturated rings. The predicted octanol–water partition coefficient (Wildman–Crippen LogP) is 0.774. The number of carbonyl (C=O) groups is 2. The van der Waals surface area contributed by atoms with Gasteiger partial charge in [-0.2, -0.15) is 9.97 Å². The number of halogens is 2. The molecular formula is C28H35F2N10O10PS. The maximum atomic E-state index is 15.9. The summed E-state index contributed by atoms with van der Waals surface area (Å²) < 4.78 is 64.5. The minimum Gasteiger partial charge on any atom is -0.394 e. The van der Waals surface area contributed by atoms with Crippen LogP contribution in [0.1, 0.15) is 40.2 Å². The van der Waals surface area contributed by atoms with E-state index in [1.54, 1.807) is 27.7 Å². The van der Waals surface area contributed by atoms with Crippen LogP contribution in [0.5, 0.6) is 0 Å². The van der Waals surface area contributed by atoms with Gasteiger partial charge in [-0.05, 0) is 0 Å². The van der Waals surface area contributed by atoms with Crippen LogP contribution in [-0.2, 0) is 28.2 Å². The van der Waals surface area contributed by atoms with Crippen LogP contribution in [0.25, 0.3) is 22.3 Å². The highest BCUT2D eigenvalue weighted by atomic mass is 32.7. The first-order chi connectivity index (χ1) is 24.5. The lowest BCUT2D eigenvalue weighted by molar-refractivity contribution is -0.119. The molecule has 0 aromatic carbocycles. The summed E-state index contributed by atoms with van der Waals surface area (Å²) in [5.74, 6) is -2.33. The van der Waals surface area contributed by atoms with E-state index < -0.39 is 103 Å². The Labute approximate surface area is 296 Å². The minimum atomic E-state index is -4.53. The van der Waals surface area contributed by atoms with Crippen molar-refractivity contribution in [2.45, 2.75) is 76.5 Å². The van der Waals surface area contributed by atoms with Gasteiger partial charge in [-0.25, -0.2) is 18.7 Å². The van der Waals surface area contributed by atoms with E-state index in [2.05, 4.69) is 52.8 Å². The van der Waals surface area contributed by atoms with Crippen molar-refractivity contribution in [3.63, 3.8) is 0 Å². The van der Waals surface area contributed by atoms with Gasteiger partial charge in [0.1, 0.15) is 30.1 Å². The van der Waals surface area contributed by atoms with Crippen LogP contribution in [0.4, 0.5) is 20.7 Å². The molecule has 24 heteroatoms. The van der Waals surface area contributed by atoms with E-state index in [1.165, 1.54) is 0 Å². The van der Waals surface area contributed by atoms with E-state index in [-0.39, 0.29) is 34.2 Å². The summed E-state index contributed by atoms with van der Waals surface area (Å²) in [7, 11) is 0. The van der Waals surface area contributed by atoms with Crippen LogP contribution in [-0.4, -0.2) is 111 Å². The number of hydrogen-bond acceptors (Lipinski definition) is 14. The van der Waals surface area contributed by atoms with Gasteiger partial charge in [0.05, 0.1) is 25.9 Å². The molecule has 6 N–H and O–H groups in total. The quantitative estimate of drug-likeness (QED) is 0.0820. The largest absolute Gasteiger partial charge is 0.394 e. The topological polar surface area (TPSA) is 271 Å². The first-order valence-corrected chi connectivity index (χ1v) is 18.8. The standard InChI is InChI=1S/C28H35F2N10O10PS/c1-9(2)21(43)35-27-33-19-15(23(45)37-27)31-7-39(19)25-17(42)13(29)12(50-25)6-48-51(47,52)18-14(30)11(5-41)49-26(18)40-8-32-16-20(40)34-28(38-24(16)46)36-22(44)10(3)4/h7-14,17-18,25-26,41-42H,5-6H2,1-4H3,(H,47,52)(H2,33,35,37,43,45)(H2,34,36,38,44,46)/t11-,12-,13+,14+,17-,18-,25-,26-,51?/m1/s1. The number of aromatic amines is 2. The number of nitrogens with one attached hydrogen (secondary N) is 4. The molecule has 1 unspecified atom stereocenters.